The first-order chi connectivity index (χ1) is 8.19. The smallest absolute Gasteiger partial charge is 0.193 e. The summed E-state index contributed by atoms with van der Waals surface area (Å²) in [7, 11) is 0. The first-order valence-electron chi connectivity index (χ1n) is 5.61. The van der Waals surface area contributed by atoms with Gasteiger partial charge in [0.1, 0.15) is 10.8 Å². The molecule has 0 radical (unpaired) electrons. The van der Waals surface area contributed by atoms with E-state index in [9.17, 15) is 0 Å². The van der Waals surface area contributed by atoms with E-state index in [0.717, 1.165) is 17.2 Å². The van der Waals surface area contributed by atoms with Crippen molar-refractivity contribution >= 4 is 22.9 Å². The Labute approximate surface area is 110 Å². The van der Waals surface area contributed by atoms with Gasteiger partial charge in [0.05, 0.1) is 12.6 Å². The van der Waals surface area contributed by atoms with Crippen LogP contribution in [0.15, 0.2) is 22.7 Å². The van der Waals surface area contributed by atoms with E-state index >= 15 is 0 Å². The molecule has 0 aliphatic carbocycles. The van der Waals surface area contributed by atoms with Crippen LogP contribution >= 0.6 is 22.9 Å². The molecule has 1 unspecified atom stereocenters. The van der Waals surface area contributed by atoms with E-state index in [1.54, 1.807) is 17.4 Å². The van der Waals surface area contributed by atoms with Crippen molar-refractivity contribution < 1.29 is 4.42 Å². The Morgan fingerprint density at radius 3 is 2.94 bits per heavy atom. The van der Waals surface area contributed by atoms with Gasteiger partial charge in [0.2, 0.25) is 0 Å². The first-order valence-corrected chi connectivity index (χ1v) is 6.80. The van der Waals surface area contributed by atoms with Crippen LogP contribution in [0.1, 0.15) is 35.5 Å². The minimum absolute atomic E-state index is 0.226. The number of aromatic nitrogens is 1. The monoisotopic (exact) mass is 270 g/mol. The summed E-state index contributed by atoms with van der Waals surface area (Å²) in [5, 5.41) is 4.90. The molecule has 2 aromatic rings. The summed E-state index contributed by atoms with van der Waals surface area (Å²) in [6, 6.07) is 3.85. The molecule has 0 bridgehead atoms. The molecule has 0 saturated carbocycles. The summed E-state index contributed by atoms with van der Waals surface area (Å²) in [4.78, 5) is 5.72. The predicted octanol–water partition coefficient (Wildman–Crippen LogP) is 3.80. The van der Waals surface area contributed by atoms with Crippen LogP contribution in [0, 0.1) is 0 Å². The normalized spacial score (nSPS) is 12.9. The number of furan rings is 1. The van der Waals surface area contributed by atoms with Crippen molar-refractivity contribution in [1.82, 2.24) is 10.3 Å². The van der Waals surface area contributed by atoms with Crippen LogP contribution in [0.5, 0.6) is 0 Å². The van der Waals surface area contributed by atoms with Gasteiger partial charge in [0.15, 0.2) is 5.22 Å². The predicted molar refractivity (Wildman–Crippen MR) is 70.5 cm³/mol. The number of hydrogen-bond acceptors (Lipinski definition) is 4. The van der Waals surface area contributed by atoms with Gasteiger partial charge >= 0.3 is 0 Å². The van der Waals surface area contributed by atoms with Crippen molar-refractivity contribution in [2.45, 2.75) is 32.9 Å². The number of thiazole rings is 1. The van der Waals surface area contributed by atoms with Gasteiger partial charge in [-0.05, 0) is 37.1 Å². The van der Waals surface area contributed by atoms with Crippen LogP contribution in [0.4, 0.5) is 0 Å². The molecular weight excluding hydrogens is 256 g/mol. The third-order valence-electron chi connectivity index (χ3n) is 2.50. The lowest BCUT2D eigenvalue weighted by atomic mass is 10.3. The summed E-state index contributed by atoms with van der Waals surface area (Å²) in [6.45, 7) is 4.90. The van der Waals surface area contributed by atoms with Gasteiger partial charge in [-0.3, -0.25) is 0 Å². The molecule has 0 spiro atoms. The van der Waals surface area contributed by atoms with Crippen molar-refractivity contribution in [2.24, 2.45) is 0 Å². The zero-order chi connectivity index (χ0) is 12.3. The molecule has 3 nitrogen and oxygen atoms in total. The van der Waals surface area contributed by atoms with Gasteiger partial charge in [-0.1, -0.05) is 6.92 Å². The van der Waals surface area contributed by atoms with Gasteiger partial charge in [-0.2, -0.15) is 0 Å². The first kappa shape index (κ1) is 12.6. The molecule has 0 aliphatic heterocycles. The minimum Gasteiger partial charge on any atom is -0.448 e. The van der Waals surface area contributed by atoms with Crippen LogP contribution < -0.4 is 5.32 Å². The number of nitrogens with one attached hydrogen (secondary N) is 1. The Morgan fingerprint density at radius 1 is 1.53 bits per heavy atom. The zero-order valence-electron chi connectivity index (χ0n) is 9.87. The molecule has 0 fully saturated rings. The minimum atomic E-state index is 0.226. The second-order valence-electron chi connectivity index (χ2n) is 3.83. The summed E-state index contributed by atoms with van der Waals surface area (Å²) in [5.41, 5.74) is 0. The van der Waals surface area contributed by atoms with Crippen LogP contribution in [0.3, 0.4) is 0 Å². The fraction of sp³-hybridized carbons (Fsp3) is 0.417. The SMILES string of the molecule is CCc1cnc(C(C)NCc2ccc(Cl)o2)s1. The van der Waals surface area contributed by atoms with Crippen molar-refractivity contribution in [3.63, 3.8) is 0 Å². The summed E-state index contributed by atoms with van der Waals surface area (Å²) in [5.74, 6) is 0.842. The van der Waals surface area contributed by atoms with Gasteiger partial charge in [0, 0.05) is 11.1 Å². The highest BCUT2D eigenvalue weighted by Gasteiger charge is 2.10. The summed E-state index contributed by atoms with van der Waals surface area (Å²) >= 11 is 7.46. The van der Waals surface area contributed by atoms with Crippen molar-refractivity contribution in [3.05, 3.63) is 39.2 Å². The van der Waals surface area contributed by atoms with E-state index in [2.05, 4.69) is 24.1 Å². The standard InChI is InChI=1S/C12H15ClN2OS/c1-3-10-7-15-12(17-10)8(2)14-6-9-4-5-11(13)16-9/h4-5,7-8,14H,3,6H2,1-2H3. The molecule has 17 heavy (non-hydrogen) atoms. The molecule has 0 aliphatic rings. The second kappa shape index (κ2) is 5.67. The Hall–Kier alpha value is -0.840. The van der Waals surface area contributed by atoms with Crippen molar-refractivity contribution in [1.29, 1.82) is 0 Å². The molecule has 2 aromatic heterocycles. The third kappa shape index (κ3) is 3.31. The highest BCUT2D eigenvalue weighted by atomic mass is 35.5. The molecule has 5 heteroatoms. The molecular formula is C12H15ClN2OS. The maximum Gasteiger partial charge on any atom is 0.193 e. The molecule has 0 amide bonds. The number of hydrogen-bond donors (Lipinski definition) is 1. The molecule has 0 aromatic carbocycles. The fourth-order valence-corrected chi connectivity index (χ4v) is 2.52. The quantitative estimate of drug-likeness (QED) is 0.898. The van der Waals surface area contributed by atoms with Gasteiger partial charge < -0.3 is 9.73 Å². The van der Waals surface area contributed by atoms with E-state index in [-0.39, 0.29) is 6.04 Å². The molecule has 1 atom stereocenters. The Morgan fingerprint density at radius 2 is 2.35 bits per heavy atom. The number of aryl methyl sites for hydroxylation is 1. The lowest BCUT2D eigenvalue weighted by Gasteiger charge is -2.09. The number of nitrogens with zero attached hydrogens (tertiary/aromatic N) is 1. The Bertz CT molecular complexity index is 480. The molecule has 92 valence electrons. The second-order valence-corrected chi connectivity index (χ2v) is 5.35. The van der Waals surface area contributed by atoms with Crippen molar-refractivity contribution in [3.8, 4) is 0 Å². The highest BCUT2D eigenvalue weighted by molar-refractivity contribution is 7.11. The number of halogens is 1. The Kier molecular flexibility index (Phi) is 4.20. The average molecular weight is 271 g/mol. The summed E-state index contributed by atoms with van der Waals surface area (Å²) < 4.78 is 5.28. The van der Waals surface area contributed by atoms with Crippen LogP contribution in [-0.2, 0) is 13.0 Å². The summed E-state index contributed by atoms with van der Waals surface area (Å²) in [6.07, 6.45) is 2.99. The average Bonchev–Trinajstić information content (AvgIpc) is 2.94. The van der Waals surface area contributed by atoms with Crippen LogP contribution in [-0.4, -0.2) is 4.98 Å². The van der Waals surface area contributed by atoms with Gasteiger partial charge in [-0.25, -0.2) is 4.98 Å². The zero-order valence-corrected chi connectivity index (χ0v) is 11.4. The lowest BCUT2D eigenvalue weighted by Crippen LogP contribution is -2.17. The fourth-order valence-electron chi connectivity index (χ4n) is 1.47. The van der Waals surface area contributed by atoms with Crippen LogP contribution in [0.2, 0.25) is 5.22 Å². The van der Waals surface area contributed by atoms with E-state index < -0.39 is 0 Å². The largest absolute Gasteiger partial charge is 0.448 e. The molecule has 2 heterocycles. The maximum absolute atomic E-state index is 5.71. The van der Waals surface area contributed by atoms with Crippen LogP contribution in [0.25, 0.3) is 0 Å². The maximum atomic E-state index is 5.71. The van der Waals surface area contributed by atoms with E-state index in [1.165, 1.54) is 4.88 Å². The third-order valence-corrected chi connectivity index (χ3v) is 4.03. The van der Waals surface area contributed by atoms with Gasteiger partial charge in [-0.15, -0.1) is 11.3 Å². The lowest BCUT2D eigenvalue weighted by molar-refractivity contribution is 0.461. The highest BCUT2D eigenvalue weighted by Crippen LogP contribution is 2.21. The Balaban J connectivity index is 1.90. The van der Waals surface area contributed by atoms with E-state index in [1.807, 2.05) is 12.3 Å². The van der Waals surface area contributed by atoms with E-state index in [4.69, 9.17) is 16.0 Å². The molecule has 1 N–H and O–H groups in total. The topological polar surface area (TPSA) is 38.1 Å². The number of rotatable bonds is 5. The van der Waals surface area contributed by atoms with Crippen molar-refractivity contribution in [2.75, 3.05) is 0 Å². The molecule has 0 saturated heterocycles. The van der Waals surface area contributed by atoms with Gasteiger partial charge in [0.25, 0.3) is 0 Å². The van der Waals surface area contributed by atoms with E-state index in [0.29, 0.717) is 11.8 Å². The molecule has 2 rings (SSSR count).